The average molecular weight is 631 g/mol. The van der Waals surface area contributed by atoms with Gasteiger partial charge in [-0.25, -0.2) is 4.79 Å². The van der Waals surface area contributed by atoms with E-state index in [-0.39, 0.29) is 30.6 Å². The summed E-state index contributed by atoms with van der Waals surface area (Å²) in [7, 11) is 0. The first-order valence-corrected chi connectivity index (χ1v) is 15.1. The lowest BCUT2D eigenvalue weighted by Gasteiger charge is -2.69. The van der Waals surface area contributed by atoms with Crippen LogP contribution in [0.4, 0.5) is 0 Å². The monoisotopic (exact) mass is 630 g/mol. The Balaban J connectivity index is 1.86. The summed E-state index contributed by atoms with van der Waals surface area (Å²) in [6, 6.07) is 8.09. The molecule has 3 fully saturated rings. The number of hydrogen-bond acceptors (Lipinski definition) is 12. The summed E-state index contributed by atoms with van der Waals surface area (Å²) in [5.41, 5.74) is -5.96. The Kier molecular flexibility index (Phi) is 8.21. The van der Waals surface area contributed by atoms with Crippen LogP contribution in [0.2, 0.25) is 0 Å². The number of esters is 4. The quantitative estimate of drug-likeness (QED) is 0.246. The molecule has 2 saturated carbocycles. The summed E-state index contributed by atoms with van der Waals surface area (Å²) >= 11 is 0. The third kappa shape index (κ3) is 4.88. The van der Waals surface area contributed by atoms with Gasteiger partial charge in [0, 0.05) is 44.4 Å². The summed E-state index contributed by atoms with van der Waals surface area (Å²) in [6.45, 7) is 9.94. The maximum Gasteiger partial charge on any atom is 0.338 e. The van der Waals surface area contributed by atoms with Gasteiger partial charge in [-0.3, -0.25) is 14.4 Å². The van der Waals surface area contributed by atoms with Crippen molar-refractivity contribution in [2.75, 3.05) is 6.61 Å². The van der Waals surface area contributed by atoms with Crippen molar-refractivity contribution in [1.29, 1.82) is 0 Å². The van der Waals surface area contributed by atoms with Crippen molar-refractivity contribution in [2.24, 2.45) is 16.7 Å². The van der Waals surface area contributed by atoms with Crippen molar-refractivity contribution < 1.29 is 58.2 Å². The Hall–Kier alpha value is -3.32. The molecule has 1 saturated heterocycles. The number of hydrogen-bond donors (Lipinski definition) is 3. The minimum atomic E-state index is -2.11. The van der Waals surface area contributed by atoms with Crippen molar-refractivity contribution in [2.45, 2.75) is 109 Å². The van der Waals surface area contributed by atoms with Gasteiger partial charge in [-0.15, -0.1) is 0 Å². The molecule has 3 N–H and O–H groups in total. The topological polar surface area (TPSA) is 175 Å². The number of fused-ring (bicyclic) bond motifs is 5. The lowest BCUT2D eigenvalue weighted by Crippen LogP contribution is -2.82. The molecule has 45 heavy (non-hydrogen) atoms. The fourth-order valence-corrected chi connectivity index (χ4v) is 8.46. The van der Waals surface area contributed by atoms with Gasteiger partial charge in [0.1, 0.15) is 30.0 Å². The maximum absolute atomic E-state index is 13.9. The molecule has 0 unspecified atom stereocenters. The lowest BCUT2D eigenvalue weighted by atomic mass is 9.44. The molecule has 1 aliphatic heterocycles. The number of carbonyl (C=O) groups is 4. The van der Waals surface area contributed by atoms with Crippen molar-refractivity contribution >= 4 is 23.9 Å². The molecular weight excluding hydrogens is 588 g/mol. The normalized spacial score (nSPS) is 39.9. The van der Waals surface area contributed by atoms with E-state index in [1.807, 2.05) is 0 Å². The molecule has 2 bridgehead atoms. The van der Waals surface area contributed by atoms with E-state index in [4.69, 9.17) is 23.7 Å². The number of ether oxygens (including phenoxy) is 5. The minimum absolute atomic E-state index is 0.0700. The third-order valence-electron chi connectivity index (χ3n) is 10.7. The first-order valence-electron chi connectivity index (χ1n) is 15.1. The van der Waals surface area contributed by atoms with Gasteiger partial charge in [0.05, 0.1) is 24.2 Å². The summed E-state index contributed by atoms with van der Waals surface area (Å²) in [5.74, 6) is -4.20. The highest BCUT2D eigenvalue weighted by Crippen LogP contribution is 2.65. The second-order valence-corrected chi connectivity index (χ2v) is 13.6. The molecule has 0 aromatic heterocycles. The highest BCUT2D eigenvalue weighted by Gasteiger charge is 2.78. The van der Waals surface area contributed by atoms with Crippen molar-refractivity contribution in [3.8, 4) is 0 Å². The minimum Gasteiger partial charge on any atom is -0.458 e. The first kappa shape index (κ1) is 33.1. The van der Waals surface area contributed by atoms with Crippen molar-refractivity contribution in [3.05, 3.63) is 47.0 Å². The molecule has 12 nitrogen and oxygen atoms in total. The molecule has 246 valence electrons. The Morgan fingerprint density at radius 3 is 2.07 bits per heavy atom. The lowest BCUT2D eigenvalue weighted by molar-refractivity contribution is -0.365. The molecule has 1 aromatic carbocycles. The number of benzene rings is 1. The Bertz CT molecular complexity index is 1420. The molecule has 0 amide bonds. The molecule has 12 heteroatoms. The Morgan fingerprint density at radius 1 is 0.911 bits per heavy atom. The second kappa shape index (κ2) is 11.2. The van der Waals surface area contributed by atoms with Crippen LogP contribution in [0.3, 0.4) is 0 Å². The van der Waals surface area contributed by atoms with Gasteiger partial charge in [0.15, 0.2) is 11.7 Å². The van der Waals surface area contributed by atoms with Crippen molar-refractivity contribution in [1.82, 2.24) is 0 Å². The largest absolute Gasteiger partial charge is 0.458 e. The van der Waals surface area contributed by atoms with E-state index < -0.39 is 88.5 Å². The maximum atomic E-state index is 13.9. The SMILES string of the molecule is CC(=O)O[C@@H]1C[C@]2(O)[C@H](OC(=O)c3ccccc3)[C@H]3[C@@]4(OC(C)=O)CO[C@H]4C[C@@H](O)[C@]3(C)[C@H](O)[C@@H](OC(C)=O)C(=C1C)C2(C)C. The smallest absolute Gasteiger partial charge is 0.338 e. The van der Waals surface area contributed by atoms with Gasteiger partial charge < -0.3 is 39.0 Å². The van der Waals surface area contributed by atoms with Crippen LogP contribution in [0.25, 0.3) is 0 Å². The van der Waals surface area contributed by atoms with Gasteiger partial charge in [0.2, 0.25) is 0 Å². The van der Waals surface area contributed by atoms with Crippen LogP contribution >= 0.6 is 0 Å². The summed E-state index contributed by atoms with van der Waals surface area (Å²) in [4.78, 5) is 51.5. The summed E-state index contributed by atoms with van der Waals surface area (Å²) in [5, 5.41) is 37.4. The van der Waals surface area contributed by atoms with Gasteiger partial charge in [0.25, 0.3) is 0 Å². The standard InChI is InChI=1S/C33H42O12/c1-16-21(42-17(2)34)14-33(40)28(44-29(39)20-11-9-8-10-12-20)26-31(7,22(37)13-23-32(26,15-41-23)45-19(4)36)27(38)25(43-18(3)35)24(16)30(33,5)6/h8-12,21-23,25-28,37-38,40H,13-15H2,1-7H3/t21-,22-,23+,25+,26-,27-,28-,31+,32-,33+/m1/s1. The van der Waals surface area contributed by atoms with Crippen LogP contribution < -0.4 is 0 Å². The van der Waals surface area contributed by atoms with Crippen LogP contribution in [0.5, 0.6) is 0 Å². The van der Waals surface area contributed by atoms with E-state index in [9.17, 15) is 34.5 Å². The Labute approximate surface area is 261 Å². The van der Waals surface area contributed by atoms with Crippen LogP contribution in [0.15, 0.2) is 41.5 Å². The number of carbonyl (C=O) groups excluding carboxylic acids is 4. The summed E-state index contributed by atoms with van der Waals surface area (Å²) in [6.07, 6.45) is -8.36. The molecule has 0 spiro atoms. The number of aliphatic hydroxyl groups is 3. The molecule has 5 rings (SSSR count). The summed E-state index contributed by atoms with van der Waals surface area (Å²) < 4.78 is 29.6. The molecule has 1 heterocycles. The van der Waals surface area contributed by atoms with E-state index >= 15 is 0 Å². The average Bonchev–Trinajstić information content (AvgIpc) is 2.94. The zero-order chi connectivity index (χ0) is 33.3. The van der Waals surface area contributed by atoms with Gasteiger partial charge >= 0.3 is 23.9 Å². The zero-order valence-electron chi connectivity index (χ0n) is 26.6. The van der Waals surface area contributed by atoms with E-state index in [1.165, 1.54) is 32.9 Å². The number of rotatable bonds is 5. The highest BCUT2D eigenvalue weighted by molar-refractivity contribution is 5.89. The predicted molar refractivity (Wildman–Crippen MR) is 155 cm³/mol. The fraction of sp³-hybridized carbons (Fsp3) is 0.636. The highest BCUT2D eigenvalue weighted by atomic mass is 16.6. The Morgan fingerprint density at radius 2 is 1.53 bits per heavy atom. The van der Waals surface area contributed by atoms with Crippen LogP contribution in [0, 0.1) is 16.7 Å². The predicted octanol–water partition coefficient (Wildman–Crippen LogP) is 2.02. The molecule has 3 aliphatic carbocycles. The van der Waals surface area contributed by atoms with Crippen LogP contribution in [-0.4, -0.2) is 93.6 Å². The van der Waals surface area contributed by atoms with Gasteiger partial charge in [-0.2, -0.15) is 0 Å². The van der Waals surface area contributed by atoms with E-state index in [0.29, 0.717) is 5.57 Å². The first-order chi connectivity index (χ1) is 20.9. The second-order valence-electron chi connectivity index (χ2n) is 13.6. The van der Waals surface area contributed by atoms with Gasteiger partial charge in [-0.1, -0.05) is 39.0 Å². The third-order valence-corrected chi connectivity index (χ3v) is 10.7. The molecule has 4 aliphatic rings. The van der Waals surface area contributed by atoms with E-state index in [0.717, 1.165) is 0 Å². The van der Waals surface area contributed by atoms with E-state index in [2.05, 4.69) is 0 Å². The van der Waals surface area contributed by atoms with Gasteiger partial charge in [-0.05, 0) is 30.2 Å². The van der Waals surface area contributed by atoms with Crippen LogP contribution in [-0.2, 0) is 38.1 Å². The van der Waals surface area contributed by atoms with Crippen LogP contribution in [0.1, 0.15) is 71.7 Å². The molecule has 10 atom stereocenters. The van der Waals surface area contributed by atoms with Crippen molar-refractivity contribution in [3.63, 3.8) is 0 Å². The molecule has 0 radical (unpaired) electrons. The zero-order valence-corrected chi connectivity index (χ0v) is 26.6. The number of aliphatic hydroxyl groups excluding tert-OH is 2. The fourth-order valence-electron chi connectivity index (χ4n) is 8.46. The van der Waals surface area contributed by atoms with E-state index in [1.54, 1.807) is 45.9 Å². The molecule has 1 aromatic rings. The molecular formula is C33H42O12.